The SMILES string of the molecule is CCCCCCCCCCCCCCCC(=O)N[C@@H](CCC(=O)[O-])C(=O)[O-].[NH4+].[NH4+]. The van der Waals surface area contributed by atoms with E-state index >= 15 is 0 Å². The summed E-state index contributed by atoms with van der Waals surface area (Å²) in [4.78, 5) is 33.0. The van der Waals surface area contributed by atoms with Crippen LogP contribution in [0.25, 0.3) is 0 Å². The van der Waals surface area contributed by atoms with Crippen LogP contribution >= 0.6 is 0 Å². The number of nitrogens with one attached hydrogen (secondary N) is 1. The first-order valence-electron chi connectivity index (χ1n) is 10.7. The quantitative estimate of drug-likeness (QED) is 0.271. The fourth-order valence-corrected chi connectivity index (χ4v) is 3.08. The minimum Gasteiger partial charge on any atom is -0.550 e. The van der Waals surface area contributed by atoms with Crippen LogP contribution in [0.3, 0.4) is 0 Å². The van der Waals surface area contributed by atoms with Crippen molar-refractivity contribution in [1.29, 1.82) is 0 Å². The highest BCUT2D eigenvalue weighted by atomic mass is 16.4. The molecular weight excluding hydrogens is 374 g/mol. The Labute approximate surface area is 176 Å². The molecular formula is C21H45N3O5. The number of rotatable bonds is 19. The Morgan fingerprint density at radius 2 is 1.10 bits per heavy atom. The van der Waals surface area contributed by atoms with Crippen LogP contribution in [0.15, 0.2) is 0 Å². The molecule has 0 radical (unpaired) electrons. The van der Waals surface area contributed by atoms with Gasteiger partial charge in [0, 0.05) is 12.4 Å². The molecule has 0 aliphatic heterocycles. The van der Waals surface area contributed by atoms with Crippen molar-refractivity contribution in [2.75, 3.05) is 0 Å². The Bertz CT molecular complexity index is 419. The molecule has 8 heteroatoms. The van der Waals surface area contributed by atoms with Gasteiger partial charge >= 0.3 is 0 Å². The standard InChI is InChI=1S/C21H39NO5.2H3N/c1-2-3-4-5-6-7-8-9-10-11-12-13-14-15-19(23)22-18(21(26)27)16-17-20(24)25;;/h18H,2-17H2,1H3,(H,22,23)(H,24,25)(H,26,27);2*1H3/t18-;;/m0../s1. The molecule has 0 aliphatic rings. The van der Waals surface area contributed by atoms with Gasteiger partial charge in [0.2, 0.25) is 5.91 Å². The first kappa shape index (κ1) is 32.0. The lowest BCUT2D eigenvalue weighted by Crippen LogP contribution is -2.48. The zero-order chi connectivity index (χ0) is 20.3. The molecule has 0 saturated carbocycles. The van der Waals surface area contributed by atoms with E-state index in [-0.39, 0.29) is 31.0 Å². The number of aliphatic carboxylic acids is 2. The number of unbranched alkanes of at least 4 members (excludes halogenated alkanes) is 12. The summed E-state index contributed by atoms with van der Waals surface area (Å²) in [7, 11) is 0. The minimum absolute atomic E-state index is 0. The van der Waals surface area contributed by atoms with E-state index in [2.05, 4.69) is 12.2 Å². The molecule has 0 aromatic rings. The number of hydrogen-bond acceptors (Lipinski definition) is 5. The number of carboxylic acid groups (broad SMARTS) is 2. The van der Waals surface area contributed by atoms with Crippen LogP contribution in [-0.2, 0) is 14.4 Å². The average molecular weight is 420 g/mol. The molecule has 8 nitrogen and oxygen atoms in total. The van der Waals surface area contributed by atoms with Gasteiger partial charge in [-0.25, -0.2) is 0 Å². The molecule has 0 heterocycles. The van der Waals surface area contributed by atoms with Gasteiger partial charge in [0.1, 0.15) is 0 Å². The first-order chi connectivity index (χ1) is 13.0. The number of amides is 1. The van der Waals surface area contributed by atoms with Crippen LogP contribution in [0, 0.1) is 0 Å². The van der Waals surface area contributed by atoms with E-state index in [4.69, 9.17) is 0 Å². The lowest BCUT2D eigenvalue weighted by molar-refractivity contribution is -0.310. The van der Waals surface area contributed by atoms with Gasteiger partial charge in [-0.15, -0.1) is 0 Å². The fourth-order valence-electron chi connectivity index (χ4n) is 3.08. The van der Waals surface area contributed by atoms with Gasteiger partial charge in [-0.05, 0) is 19.3 Å². The molecule has 29 heavy (non-hydrogen) atoms. The normalized spacial score (nSPS) is 11.1. The van der Waals surface area contributed by atoms with Gasteiger partial charge in [-0.3, -0.25) is 4.79 Å². The molecule has 0 fully saturated rings. The molecule has 0 aliphatic carbocycles. The number of quaternary nitrogens is 2. The molecule has 0 aromatic heterocycles. The maximum absolute atomic E-state index is 11.7. The molecule has 1 amide bonds. The molecule has 1 atom stereocenters. The van der Waals surface area contributed by atoms with Crippen molar-refractivity contribution in [1.82, 2.24) is 17.6 Å². The zero-order valence-electron chi connectivity index (χ0n) is 18.9. The summed E-state index contributed by atoms with van der Waals surface area (Å²) in [5.74, 6) is -3.17. The van der Waals surface area contributed by atoms with Gasteiger partial charge < -0.3 is 37.4 Å². The highest BCUT2D eigenvalue weighted by Crippen LogP contribution is 2.13. The number of carbonyl (C=O) groups excluding carboxylic acids is 3. The summed E-state index contributed by atoms with van der Waals surface area (Å²) in [6.07, 6.45) is 15.4. The second-order valence-corrected chi connectivity index (χ2v) is 7.34. The monoisotopic (exact) mass is 419 g/mol. The van der Waals surface area contributed by atoms with E-state index in [0.29, 0.717) is 6.42 Å². The molecule has 0 aromatic carbocycles. The highest BCUT2D eigenvalue weighted by Gasteiger charge is 2.13. The first-order valence-corrected chi connectivity index (χ1v) is 10.7. The van der Waals surface area contributed by atoms with Crippen LogP contribution in [0.1, 0.15) is 110 Å². The number of carbonyl (C=O) groups is 3. The van der Waals surface area contributed by atoms with Gasteiger partial charge in [-0.2, -0.15) is 0 Å². The van der Waals surface area contributed by atoms with Crippen molar-refractivity contribution >= 4 is 17.8 Å². The van der Waals surface area contributed by atoms with Crippen molar-refractivity contribution in [3.8, 4) is 0 Å². The summed E-state index contributed by atoms with van der Waals surface area (Å²) in [6, 6.07) is -1.27. The van der Waals surface area contributed by atoms with E-state index in [0.717, 1.165) is 12.8 Å². The molecule has 0 bridgehead atoms. The zero-order valence-corrected chi connectivity index (χ0v) is 18.9. The second-order valence-electron chi connectivity index (χ2n) is 7.34. The van der Waals surface area contributed by atoms with Crippen LogP contribution in [0.4, 0.5) is 0 Å². The third kappa shape index (κ3) is 22.5. The van der Waals surface area contributed by atoms with Gasteiger partial charge in [0.05, 0.1) is 12.0 Å². The Morgan fingerprint density at radius 3 is 1.48 bits per heavy atom. The van der Waals surface area contributed by atoms with Crippen molar-refractivity contribution in [3.63, 3.8) is 0 Å². The Balaban J connectivity index is -0.00000338. The van der Waals surface area contributed by atoms with Gasteiger partial charge in [0.15, 0.2) is 0 Å². The van der Waals surface area contributed by atoms with E-state index in [1.807, 2.05) is 0 Å². The van der Waals surface area contributed by atoms with Crippen molar-refractivity contribution in [2.24, 2.45) is 0 Å². The Hall–Kier alpha value is -1.67. The molecule has 0 rings (SSSR count). The molecule has 0 spiro atoms. The van der Waals surface area contributed by atoms with Crippen LogP contribution < -0.4 is 27.8 Å². The van der Waals surface area contributed by atoms with Crippen molar-refractivity contribution < 1.29 is 24.6 Å². The van der Waals surface area contributed by atoms with Crippen LogP contribution in [0.2, 0.25) is 0 Å². The van der Waals surface area contributed by atoms with Gasteiger partial charge in [0.25, 0.3) is 0 Å². The summed E-state index contributed by atoms with van der Waals surface area (Å²) >= 11 is 0. The van der Waals surface area contributed by atoms with E-state index in [9.17, 15) is 24.6 Å². The van der Waals surface area contributed by atoms with Crippen molar-refractivity contribution in [2.45, 2.75) is 116 Å². The summed E-state index contributed by atoms with van der Waals surface area (Å²) in [5.41, 5.74) is 0. The second kappa shape index (κ2) is 22.6. The van der Waals surface area contributed by atoms with Crippen LogP contribution in [0.5, 0.6) is 0 Å². The van der Waals surface area contributed by atoms with E-state index in [1.165, 1.54) is 64.2 Å². The van der Waals surface area contributed by atoms with Crippen LogP contribution in [-0.4, -0.2) is 23.9 Å². The largest absolute Gasteiger partial charge is 0.550 e. The average Bonchev–Trinajstić information content (AvgIpc) is 2.62. The topological polar surface area (TPSA) is 182 Å². The predicted octanol–water partition coefficient (Wildman–Crippen LogP) is 2.98. The molecule has 174 valence electrons. The number of carboxylic acids is 2. The number of hydrogen-bond donors (Lipinski definition) is 3. The fraction of sp³-hybridized carbons (Fsp3) is 0.857. The van der Waals surface area contributed by atoms with Gasteiger partial charge in [-0.1, -0.05) is 84.0 Å². The lowest BCUT2D eigenvalue weighted by atomic mass is 10.0. The Morgan fingerprint density at radius 1 is 0.690 bits per heavy atom. The predicted molar refractivity (Wildman–Crippen MR) is 113 cm³/mol. The Kier molecular flexibility index (Phi) is 25.0. The maximum Gasteiger partial charge on any atom is 0.220 e. The molecule has 9 N–H and O–H groups in total. The summed E-state index contributed by atoms with van der Waals surface area (Å²) in [5, 5.41) is 23.6. The smallest absolute Gasteiger partial charge is 0.220 e. The maximum atomic E-state index is 11.7. The van der Waals surface area contributed by atoms with E-state index in [1.54, 1.807) is 0 Å². The minimum atomic E-state index is -1.46. The molecule has 0 saturated heterocycles. The third-order valence-electron chi connectivity index (χ3n) is 4.76. The summed E-state index contributed by atoms with van der Waals surface area (Å²) < 4.78 is 0. The highest BCUT2D eigenvalue weighted by molar-refractivity contribution is 5.82. The summed E-state index contributed by atoms with van der Waals surface area (Å²) in [6.45, 7) is 2.23. The lowest BCUT2D eigenvalue weighted by Gasteiger charge is -2.19. The van der Waals surface area contributed by atoms with Crippen molar-refractivity contribution in [3.05, 3.63) is 0 Å². The third-order valence-corrected chi connectivity index (χ3v) is 4.76. The molecule has 0 unspecified atom stereocenters. The van der Waals surface area contributed by atoms with E-state index < -0.39 is 24.4 Å².